The number of nitrogens with zero attached hydrogens (tertiary/aromatic N) is 2. The Morgan fingerprint density at radius 1 is 1.23 bits per heavy atom. The van der Waals surface area contributed by atoms with Gasteiger partial charge in [0.15, 0.2) is 5.69 Å². The molecule has 0 saturated carbocycles. The number of halogens is 1. The van der Waals surface area contributed by atoms with Crippen molar-refractivity contribution in [1.82, 2.24) is 9.97 Å². The van der Waals surface area contributed by atoms with Gasteiger partial charge in [-0.1, -0.05) is 12.1 Å². The number of benzene rings is 1. The molecular weight excluding hydrogens is 366 g/mol. The maximum atomic E-state index is 12.3. The summed E-state index contributed by atoms with van der Waals surface area (Å²) in [6, 6.07) is 10.2. The summed E-state index contributed by atoms with van der Waals surface area (Å²) in [6.07, 6.45) is 3.37. The van der Waals surface area contributed by atoms with E-state index in [9.17, 15) is 9.90 Å². The molecule has 2 aromatic heterocycles. The van der Waals surface area contributed by atoms with Crippen molar-refractivity contribution in [2.75, 3.05) is 5.32 Å². The van der Waals surface area contributed by atoms with Crippen molar-refractivity contribution < 1.29 is 9.90 Å². The zero-order valence-corrected chi connectivity index (χ0v) is 13.6. The molecule has 0 aliphatic heterocycles. The van der Waals surface area contributed by atoms with Crippen LogP contribution in [0.3, 0.4) is 0 Å². The number of anilines is 1. The number of aromatic hydroxyl groups is 1. The van der Waals surface area contributed by atoms with Crippen molar-refractivity contribution in [2.24, 2.45) is 0 Å². The van der Waals surface area contributed by atoms with E-state index in [1.807, 2.05) is 12.1 Å². The maximum absolute atomic E-state index is 12.3. The number of carbonyl (C=O) groups is 1. The topological polar surface area (TPSA) is 75.1 Å². The fraction of sp³-hybridized carbons (Fsp3) is 0. The van der Waals surface area contributed by atoms with Crippen molar-refractivity contribution >= 4 is 38.9 Å². The summed E-state index contributed by atoms with van der Waals surface area (Å²) in [7, 11) is 0. The number of para-hydroxylation sites is 2. The molecule has 3 aromatic rings. The van der Waals surface area contributed by atoms with Crippen LogP contribution in [-0.4, -0.2) is 21.0 Å². The second kappa shape index (κ2) is 6.25. The van der Waals surface area contributed by atoms with Gasteiger partial charge >= 0.3 is 0 Å². The molecule has 1 amide bonds. The predicted molar refractivity (Wildman–Crippen MR) is 89.1 cm³/mol. The number of amides is 1. The number of hydrogen-bond donors (Lipinski definition) is 2. The highest BCUT2D eigenvalue weighted by Gasteiger charge is 2.18. The average Bonchev–Trinajstić information content (AvgIpc) is 2.92. The molecule has 1 aromatic carbocycles. The van der Waals surface area contributed by atoms with Crippen molar-refractivity contribution in [3.8, 4) is 16.3 Å². The third-order valence-corrected chi connectivity index (χ3v) is 4.62. The first-order chi connectivity index (χ1) is 10.6. The fourth-order valence-corrected chi connectivity index (χ4v) is 3.32. The van der Waals surface area contributed by atoms with Gasteiger partial charge in [0.25, 0.3) is 5.91 Å². The average molecular weight is 376 g/mol. The molecule has 0 aliphatic rings. The molecule has 7 heteroatoms. The van der Waals surface area contributed by atoms with Gasteiger partial charge < -0.3 is 10.4 Å². The number of carbonyl (C=O) groups excluding carboxylic acids is 1. The molecule has 0 atom stereocenters. The number of pyridine rings is 1. The number of thiazole rings is 1. The molecule has 0 bridgehead atoms. The lowest BCUT2D eigenvalue weighted by Crippen LogP contribution is -2.13. The lowest BCUT2D eigenvalue weighted by Gasteiger charge is -2.05. The molecule has 0 spiro atoms. The number of phenols is 1. The van der Waals surface area contributed by atoms with Gasteiger partial charge in [0.05, 0.1) is 5.69 Å². The number of rotatable bonds is 3. The molecule has 0 fully saturated rings. The molecule has 0 aliphatic carbocycles. The quantitative estimate of drug-likeness (QED) is 0.680. The Morgan fingerprint density at radius 2 is 2.05 bits per heavy atom. The molecule has 110 valence electrons. The van der Waals surface area contributed by atoms with Crippen LogP contribution < -0.4 is 5.32 Å². The lowest BCUT2D eigenvalue weighted by molar-refractivity contribution is 0.102. The Bertz CT molecular complexity index is 821. The Morgan fingerprint density at radius 3 is 2.77 bits per heavy atom. The first kappa shape index (κ1) is 14.7. The molecule has 2 N–H and O–H groups in total. The van der Waals surface area contributed by atoms with Crippen LogP contribution in [-0.2, 0) is 0 Å². The van der Waals surface area contributed by atoms with Gasteiger partial charge in [-0.05, 0) is 40.2 Å². The standard InChI is InChI=1S/C15H10BrN3O2S/c16-13-12(14(21)18-10-5-1-2-6-11(10)20)19-15(22-13)9-4-3-7-17-8-9/h1-8,20H,(H,18,21). The summed E-state index contributed by atoms with van der Waals surface area (Å²) >= 11 is 4.71. The SMILES string of the molecule is O=C(Nc1ccccc1O)c1nc(-c2cccnc2)sc1Br. The monoisotopic (exact) mass is 375 g/mol. The van der Waals surface area contributed by atoms with Crippen LogP contribution in [0.2, 0.25) is 0 Å². The second-order valence-electron chi connectivity index (χ2n) is 4.35. The van der Waals surface area contributed by atoms with E-state index in [0.717, 1.165) is 5.56 Å². The highest BCUT2D eigenvalue weighted by molar-refractivity contribution is 9.11. The Labute approximate surface area is 138 Å². The van der Waals surface area contributed by atoms with Gasteiger partial charge in [-0.3, -0.25) is 9.78 Å². The van der Waals surface area contributed by atoms with Gasteiger partial charge in [0.2, 0.25) is 0 Å². The third kappa shape index (κ3) is 3.00. The molecule has 22 heavy (non-hydrogen) atoms. The van der Waals surface area contributed by atoms with Crippen LogP contribution in [0.25, 0.3) is 10.6 Å². The largest absolute Gasteiger partial charge is 0.506 e. The van der Waals surface area contributed by atoms with Crippen molar-refractivity contribution in [3.05, 3.63) is 58.3 Å². The molecule has 3 rings (SSSR count). The van der Waals surface area contributed by atoms with E-state index in [0.29, 0.717) is 14.5 Å². The van der Waals surface area contributed by atoms with Gasteiger partial charge in [-0.15, -0.1) is 11.3 Å². The van der Waals surface area contributed by atoms with E-state index in [1.54, 1.807) is 30.6 Å². The highest BCUT2D eigenvalue weighted by Crippen LogP contribution is 2.32. The summed E-state index contributed by atoms with van der Waals surface area (Å²) in [5.74, 6) is -0.380. The number of hydrogen-bond acceptors (Lipinski definition) is 5. The molecule has 0 unspecified atom stereocenters. The van der Waals surface area contributed by atoms with E-state index < -0.39 is 0 Å². The fourth-order valence-electron chi connectivity index (χ4n) is 1.82. The zero-order valence-electron chi connectivity index (χ0n) is 11.2. The van der Waals surface area contributed by atoms with E-state index in [2.05, 4.69) is 31.2 Å². The van der Waals surface area contributed by atoms with Gasteiger partial charge in [0.1, 0.15) is 14.5 Å². The summed E-state index contributed by atoms with van der Waals surface area (Å²) in [6.45, 7) is 0. The minimum absolute atomic E-state index is 0.00897. The molecule has 0 saturated heterocycles. The van der Waals surface area contributed by atoms with Crippen LogP contribution in [0.1, 0.15) is 10.5 Å². The lowest BCUT2D eigenvalue weighted by atomic mass is 10.3. The summed E-state index contributed by atoms with van der Waals surface area (Å²) < 4.78 is 0.624. The minimum Gasteiger partial charge on any atom is -0.506 e. The normalized spacial score (nSPS) is 10.4. The first-order valence-corrected chi connectivity index (χ1v) is 7.92. The van der Waals surface area contributed by atoms with Gasteiger partial charge in [-0.2, -0.15) is 0 Å². The minimum atomic E-state index is -0.389. The van der Waals surface area contributed by atoms with Crippen LogP contribution in [0.4, 0.5) is 5.69 Å². The van der Waals surface area contributed by atoms with Gasteiger partial charge in [0, 0.05) is 18.0 Å². The smallest absolute Gasteiger partial charge is 0.276 e. The Hall–Kier alpha value is -2.25. The molecule has 0 radical (unpaired) electrons. The number of nitrogens with one attached hydrogen (secondary N) is 1. The Balaban J connectivity index is 1.88. The van der Waals surface area contributed by atoms with Crippen LogP contribution in [0.5, 0.6) is 5.75 Å². The van der Waals surface area contributed by atoms with Gasteiger partial charge in [-0.25, -0.2) is 4.98 Å². The van der Waals surface area contributed by atoms with Crippen molar-refractivity contribution in [2.45, 2.75) is 0 Å². The van der Waals surface area contributed by atoms with E-state index >= 15 is 0 Å². The number of aromatic nitrogens is 2. The van der Waals surface area contributed by atoms with E-state index in [4.69, 9.17) is 0 Å². The van der Waals surface area contributed by atoms with Crippen molar-refractivity contribution in [3.63, 3.8) is 0 Å². The third-order valence-electron chi connectivity index (χ3n) is 2.86. The van der Waals surface area contributed by atoms with Crippen molar-refractivity contribution in [1.29, 1.82) is 0 Å². The van der Waals surface area contributed by atoms with Crippen LogP contribution in [0.15, 0.2) is 52.6 Å². The molecule has 5 nitrogen and oxygen atoms in total. The Kier molecular flexibility index (Phi) is 4.17. The second-order valence-corrected chi connectivity index (χ2v) is 6.67. The van der Waals surface area contributed by atoms with E-state index in [1.165, 1.54) is 17.4 Å². The molecule has 2 heterocycles. The summed E-state index contributed by atoms with van der Waals surface area (Å²) in [5, 5.41) is 13.0. The maximum Gasteiger partial charge on any atom is 0.276 e. The molecular formula is C15H10BrN3O2S. The number of phenolic OH excluding ortho intramolecular Hbond substituents is 1. The van der Waals surface area contributed by atoms with Crippen LogP contribution >= 0.6 is 27.3 Å². The summed E-state index contributed by atoms with van der Waals surface area (Å²) in [5.41, 5.74) is 1.46. The highest BCUT2D eigenvalue weighted by atomic mass is 79.9. The van der Waals surface area contributed by atoms with E-state index in [-0.39, 0.29) is 17.4 Å². The summed E-state index contributed by atoms with van der Waals surface area (Å²) in [4.78, 5) is 20.7. The zero-order chi connectivity index (χ0) is 15.5. The predicted octanol–water partition coefficient (Wildman–Crippen LogP) is 3.93. The van der Waals surface area contributed by atoms with Crippen LogP contribution in [0, 0.1) is 0 Å². The first-order valence-electron chi connectivity index (χ1n) is 6.31.